The van der Waals surface area contributed by atoms with Gasteiger partial charge in [0.15, 0.2) is 0 Å². The third-order valence-corrected chi connectivity index (χ3v) is 5.77. The van der Waals surface area contributed by atoms with E-state index in [9.17, 15) is 0 Å². The maximum atomic E-state index is 6.28. The molecular weight excluding hydrogens is 364 g/mol. The Morgan fingerprint density at radius 3 is 1.86 bits per heavy atom. The molecule has 0 bridgehead atoms. The van der Waals surface area contributed by atoms with Crippen LogP contribution in [0.4, 0.5) is 0 Å². The molecule has 4 nitrogen and oxygen atoms in total. The molecule has 0 radical (unpaired) electrons. The fourth-order valence-electron chi connectivity index (χ4n) is 4.20. The van der Waals surface area contributed by atoms with Crippen molar-refractivity contribution < 1.29 is 18.9 Å². The van der Waals surface area contributed by atoms with Gasteiger partial charge in [0.1, 0.15) is 23.0 Å². The van der Waals surface area contributed by atoms with Crippen LogP contribution in [0.1, 0.15) is 34.1 Å². The molecule has 2 unspecified atom stereocenters. The van der Waals surface area contributed by atoms with Crippen molar-refractivity contribution in [2.45, 2.75) is 18.8 Å². The zero-order valence-electron chi connectivity index (χ0n) is 17.3. The third-order valence-electron chi connectivity index (χ3n) is 5.77. The summed E-state index contributed by atoms with van der Waals surface area (Å²) in [5.74, 6) is 3.84. The Balaban J connectivity index is 1.83. The maximum Gasteiger partial charge on any atom is 0.129 e. The highest BCUT2D eigenvalue weighted by Crippen LogP contribution is 2.49. The van der Waals surface area contributed by atoms with E-state index in [0.717, 1.165) is 28.6 Å². The molecule has 4 rings (SSSR count). The third kappa shape index (κ3) is 3.51. The Labute approximate surface area is 172 Å². The predicted molar refractivity (Wildman–Crippen MR) is 114 cm³/mol. The number of ether oxygens (including phenoxy) is 4. The van der Waals surface area contributed by atoms with Gasteiger partial charge in [0.2, 0.25) is 0 Å². The minimum absolute atomic E-state index is 0.169. The number of fused-ring (bicyclic) bond motifs is 1. The van der Waals surface area contributed by atoms with Crippen molar-refractivity contribution in [2.75, 3.05) is 27.9 Å². The first kappa shape index (κ1) is 19.2. The summed E-state index contributed by atoms with van der Waals surface area (Å²) in [4.78, 5) is 0. The molecule has 1 heterocycles. The normalized spacial score (nSPS) is 17.8. The number of rotatable bonds is 5. The first-order chi connectivity index (χ1) is 14.2. The van der Waals surface area contributed by atoms with Gasteiger partial charge in [-0.3, -0.25) is 0 Å². The summed E-state index contributed by atoms with van der Waals surface area (Å²) in [5, 5.41) is 0. The minimum atomic E-state index is 0.169. The van der Waals surface area contributed by atoms with Crippen LogP contribution in [0.15, 0.2) is 60.7 Å². The van der Waals surface area contributed by atoms with Gasteiger partial charge >= 0.3 is 0 Å². The van der Waals surface area contributed by atoms with E-state index in [1.54, 1.807) is 21.3 Å². The van der Waals surface area contributed by atoms with Gasteiger partial charge < -0.3 is 18.9 Å². The molecule has 1 aliphatic heterocycles. The molecule has 0 fully saturated rings. The Bertz CT molecular complexity index is 977. The van der Waals surface area contributed by atoms with Crippen molar-refractivity contribution >= 4 is 0 Å². The maximum absolute atomic E-state index is 6.28. The van der Waals surface area contributed by atoms with E-state index < -0.39 is 0 Å². The van der Waals surface area contributed by atoms with Crippen molar-refractivity contribution in [3.05, 3.63) is 82.9 Å². The second kappa shape index (κ2) is 8.08. The molecule has 3 aromatic rings. The smallest absolute Gasteiger partial charge is 0.129 e. The Hall–Kier alpha value is -3.14. The lowest BCUT2D eigenvalue weighted by atomic mass is 9.75. The van der Waals surface area contributed by atoms with Crippen molar-refractivity contribution in [1.82, 2.24) is 0 Å². The van der Waals surface area contributed by atoms with E-state index in [1.807, 2.05) is 30.3 Å². The molecule has 2 atom stereocenters. The van der Waals surface area contributed by atoms with E-state index in [1.165, 1.54) is 16.7 Å². The Kier molecular flexibility index (Phi) is 5.34. The average molecular weight is 390 g/mol. The van der Waals surface area contributed by atoms with Crippen molar-refractivity contribution in [1.29, 1.82) is 0 Å². The summed E-state index contributed by atoms with van der Waals surface area (Å²) >= 11 is 0. The van der Waals surface area contributed by atoms with Gasteiger partial charge in [0, 0.05) is 23.0 Å². The quantitative estimate of drug-likeness (QED) is 0.590. The van der Waals surface area contributed by atoms with Gasteiger partial charge in [-0.15, -0.1) is 0 Å². The highest BCUT2D eigenvalue weighted by Gasteiger charge is 2.34. The van der Waals surface area contributed by atoms with Crippen molar-refractivity contribution in [2.24, 2.45) is 0 Å². The van der Waals surface area contributed by atoms with E-state index in [0.29, 0.717) is 6.61 Å². The zero-order valence-corrected chi connectivity index (χ0v) is 17.3. The predicted octanol–water partition coefficient (Wildman–Crippen LogP) is 5.33. The molecule has 0 N–H and O–H groups in total. The van der Waals surface area contributed by atoms with Crippen LogP contribution in [-0.2, 0) is 0 Å². The van der Waals surface area contributed by atoms with Gasteiger partial charge in [-0.25, -0.2) is 0 Å². The zero-order chi connectivity index (χ0) is 20.4. The topological polar surface area (TPSA) is 36.9 Å². The van der Waals surface area contributed by atoms with Crippen LogP contribution in [0.3, 0.4) is 0 Å². The van der Waals surface area contributed by atoms with Crippen LogP contribution in [0, 0.1) is 6.92 Å². The number of benzene rings is 3. The summed E-state index contributed by atoms with van der Waals surface area (Å²) in [6, 6.07) is 20.8. The van der Waals surface area contributed by atoms with E-state index in [2.05, 4.69) is 37.3 Å². The molecule has 150 valence electrons. The van der Waals surface area contributed by atoms with Crippen LogP contribution in [0.25, 0.3) is 0 Å². The summed E-state index contributed by atoms with van der Waals surface area (Å²) in [5.41, 5.74) is 4.68. The second-order valence-electron chi connectivity index (χ2n) is 7.25. The largest absolute Gasteiger partial charge is 0.497 e. The fraction of sp³-hybridized carbons (Fsp3) is 0.280. The van der Waals surface area contributed by atoms with E-state index in [4.69, 9.17) is 18.9 Å². The Morgan fingerprint density at radius 2 is 1.31 bits per heavy atom. The van der Waals surface area contributed by atoms with Gasteiger partial charge in [-0.05, 0) is 48.4 Å². The SMILES string of the molecule is COc1ccc(C2COc3c(ccc(OC)c3C)C2c2ccc(OC)cc2)cc1. The van der Waals surface area contributed by atoms with Gasteiger partial charge in [-0.2, -0.15) is 0 Å². The average Bonchev–Trinajstić information content (AvgIpc) is 2.79. The van der Waals surface area contributed by atoms with Crippen LogP contribution in [-0.4, -0.2) is 27.9 Å². The number of hydrogen-bond acceptors (Lipinski definition) is 4. The summed E-state index contributed by atoms with van der Waals surface area (Å²) in [6.45, 7) is 2.65. The molecule has 3 aromatic carbocycles. The van der Waals surface area contributed by atoms with Gasteiger partial charge in [0.05, 0.1) is 27.9 Å². The monoisotopic (exact) mass is 390 g/mol. The summed E-state index contributed by atoms with van der Waals surface area (Å²) < 4.78 is 22.5. The first-order valence-corrected chi connectivity index (χ1v) is 9.74. The minimum Gasteiger partial charge on any atom is -0.497 e. The highest BCUT2D eigenvalue weighted by molar-refractivity contribution is 5.56. The molecule has 0 saturated heterocycles. The highest BCUT2D eigenvalue weighted by atomic mass is 16.5. The standard InChI is InChI=1S/C25H26O4/c1-16-23(28-4)14-13-21-24(18-7-11-20(27-3)12-8-18)22(15-29-25(16)21)17-5-9-19(26-2)10-6-17/h5-14,22,24H,15H2,1-4H3. The lowest BCUT2D eigenvalue weighted by Crippen LogP contribution is -2.26. The molecule has 29 heavy (non-hydrogen) atoms. The summed E-state index contributed by atoms with van der Waals surface area (Å²) in [6.07, 6.45) is 0. The van der Waals surface area contributed by atoms with Crippen molar-refractivity contribution in [3.63, 3.8) is 0 Å². The second-order valence-corrected chi connectivity index (χ2v) is 7.25. The fourth-order valence-corrected chi connectivity index (χ4v) is 4.20. The Morgan fingerprint density at radius 1 is 0.724 bits per heavy atom. The molecule has 0 amide bonds. The van der Waals surface area contributed by atoms with E-state index >= 15 is 0 Å². The molecule has 0 aromatic heterocycles. The van der Waals surface area contributed by atoms with Crippen LogP contribution < -0.4 is 18.9 Å². The molecule has 4 heteroatoms. The molecule has 1 aliphatic rings. The molecular formula is C25H26O4. The molecule has 0 saturated carbocycles. The van der Waals surface area contributed by atoms with Crippen molar-refractivity contribution in [3.8, 4) is 23.0 Å². The molecule has 0 aliphatic carbocycles. The number of hydrogen-bond donors (Lipinski definition) is 0. The van der Waals surface area contributed by atoms with E-state index in [-0.39, 0.29) is 11.8 Å². The van der Waals surface area contributed by atoms with Gasteiger partial charge in [-0.1, -0.05) is 30.3 Å². The van der Waals surface area contributed by atoms with Crippen LogP contribution in [0.5, 0.6) is 23.0 Å². The summed E-state index contributed by atoms with van der Waals surface area (Å²) in [7, 11) is 5.07. The lowest BCUT2D eigenvalue weighted by molar-refractivity contribution is 0.245. The first-order valence-electron chi connectivity index (χ1n) is 9.74. The lowest BCUT2D eigenvalue weighted by Gasteiger charge is -2.35. The number of methoxy groups -OCH3 is 3. The van der Waals surface area contributed by atoms with Crippen LogP contribution in [0.2, 0.25) is 0 Å². The van der Waals surface area contributed by atoms with Crippen LogP contribution >= 0.6 is 0 Å². The van der Waals surface area contributed by atoms with Gasteiger partial charge in [0.25, 0.3) is 0 Å². The molecule has 0 spiro atoms.